The van der Waals surface area contributed by atoms with Gasteiger partial charge in [-0.15, -0.1) is 0 Å². The van der Waals surface area contributed by atoms with Crippen LogP contribution in [0, 0.1) is 0 Å². The van der Waals surface area contributed by atoms with Gasteiger partial charge in [0.1, 0.15) is 5.76 Å². The van der Waals surface area contributed by atoms with E-state index < -0.39 is 0 Å². The summed E-state index contributed by atoms with van der Waals surface area (Å²) < 4.78 is 0. The number of aliphatic hydroxyl groups excluding tert-OH is 1. The molecule has 13 heavy (non-hydrogen) atoms. The minimum Gasteiger partial charge on any atom is -0.509 e. The second-order valence-electron chi connectivity index (χ2n) is 2.10. The first-order valence-electron chi connectivity index (χ1n) is 4.66. The molecule has 0 aromatic carbocycles. The van der Waals surface area contributed by atoms with E-state index in [1.165, 1.54) is 0 Å². The molecule has 0 aromatic rings. The normalized spacial score (nSPS) is 10.6. The van der Waals surface area contributed by atoms with Crippen LogP contribution in [-0.2, 0) is 0 Å². The standard InChI is InChI=1S/C9H15NO.C2H6/c1-4-9(10-5-2)7-6-8(3)11;1-2/h4,6-7,10-11H,3,5H2,1-2H3;1-2H3/b7-6-,9-4+;. The van der Waals surface area contributed by atoms with E-state index in [4.69, 9.17) is 5.11 Å². The number of rotatable bonds is 4. The van der Waals surface area contributed by atoms with Crippen LogP contribution in [0.3, 0.4) is 0 Å². The molecule has 0 aromatic heterocycles. The highest BCUT2D eigenvalue weighted by molar-refractivity contribution is 5.21. The number of nitrogens with one attached hydrogen (secondary N) is 1. The Hall–Kier alpha value is -1.18. The smallest absolute Gasteiger partial charge is 0.108 e. The Balaban J connectivity index is 0. The molecular formula is C11H21NO. The summed E-state index contributed by atoms with van der Waals surface area (Å²) in [5, 5.41) is 11.8. The summed E-state index contributed by atoms with van der Waals surface area (Å²) in [6.07, 6.45) is 5.27. The first-order valence-corrected chi connectivity index (χ1v) is 4.66. The third kappa shape index (κ3) is 10.8. The lowest BCUT2D eigenvalue weighted by Crippen LogP contribution is -2.09. The van der Waals surface area contributed by atoms with Gasteiger partial charge in [-0.2, -0.15) is 0 Å². The monoisotopic (exact) mass is 183 g/mol. The molecule has 0 fully saturated rings. The van der Waals surface area contributed by atoms with Gasteiger partial charge in [-0.05, 0) is 26.0 Å². The van der Waals surface area contributed by atoms with E-state index in [0.717, 1.165) is 12.2 Å². The molecule has 0 rings (SSSR count). The van der Waals surface area contributed by atoms with Crippen LogP contribution in [0.15, 0.2) is 36.3 Å². The van der Waals surface area contributed by atoms with E-state index in [1.807, 2.05) is 33.8 Å². The lowest BCUT2D eigenvalue weighted by molar-refractivity contribution is 0.435. The van der Waals surface area contributed by atoms with E-state index >= 15 is 0 Å². The third-order valence-electron chi connectivity index (χ3n) is 1.15. The van der Waals surface area contributed by atoms with E-state index in [1.54, 1.807) is 12.2 Å². The average Bonchev–Trinajstić information content (AvgIpc) is 2.15. The second kappa shape index (κ2) is 10.8. The molecule has 2 heteroatoms. The molecule has 0 bridgehead atoms. The minimum absolute atomic E-state index is 0.0715. The molecule has 0 saturated carbocycles. The van der Waals surface area contributed by atoms with Gasteiger partial charge in [0.2, 0.25) is 0 Å². The summed E-state index contributed by atoms with van der Waals surface area (Å²) in [5.41, 5.74) is 0.989. The second-order valence-corrected chi connectivity index (χ2v) is 2.10. The molecule has 0 atom stereocenters. The van der Waals surface area contributed by atoms with Crippen LogP contribution in [0.1, 0.15) is 27.7 Å². The molecule has 0 amide bonds. The Kier molecular flexibility index (Phi) is 11.9. The van der Waals surface area contributed by atoms with Gasteiger partial charge in [-0.3, -0.25) is 0 Å². The van der Waals surface area contributed by atoms with Crippen LogP contribution >= 0.6 is 0 Å². The first-order chi connectivity index (χ1) is 6.20. The zero-order chi connectivity index (χ0) is 10.7. The van der Waals surface area contributed by atoms with Crippen LogP contribution in [-0.4, -0.2) is 11.7 Å². The maximum Gasteiger partial charge on any atom is 0.108 e. The van der Waals surface area contributed by atoms with Crippen molar-refractivity contribution in [2.75, 3.05) is 6.54 Å². The Bertz CT molecular complexity index is 181. The Morgan fingerprint density at radius 1 is 1.38 bits per heavy atom. The van der Waals surface area contributed by atoms with Crippen molar-refractivity contribution >= 4 is 0 Å². The molecule has 0 unspecified atom stereocenters. The highest BCUT2D eigenvalue weighted by atomic mass is 16.3. The number of hydrogen-bond acceptors (Lipinski definition) is 2. The van der Waals surface area contributed by atoms with Crippen molar-refractivity contribution in [3.8, 4) is 0 Å². The Labute approximate surface area is 81.7 Å². The topological polar surface area (TPSA) is 32.3 Å². The van der Waals surface area contributed by atoms with Crippen molar-refractivity contribution < 1.29 is 5.11 Å². The van der Waals surface area contributed by atoms with Crippen LogP contribution in [0.5, 0.6) is 0 Å². The van der Waals surface area contributed by atoms with E-state index in [2.05, 4.69) is 11.9 Å². The van der Waals surface area contributed by atoms with Gasteiger partial charge in [0.25, 0.3) is 0 Å². The highest BCUT2D eigenvalue weighted by Crippen LogP contribution is 1.93. The maximum absolute atomic E-state index is 8.73. The lowest BCUT2D eigenvalue weighted by atomic mass is 10.3. The number of hydrogen-bond donors (Lipinski definition) is 2. The van der Waals surface area contributed by atoms with Crippen molar-refractivity contribution in [2.45, 2.75) is 27.7 Å². The minimum atomic E-state index is 0.0715. The Morgan fingerprint density at radius 3 is 2.23 bits per heavy atom. The molecule has 0 aliphatic rings. The van der Waals surface area contributed by atoms with Gasteiger partial charge in [-0.1, -0.05) is 26.5 Å². The van der Waals surface area contributed by atoms with E-state index in [-0.39, 0.29) is 5.76 Å². The summed E-state index contributed by atoms with van der Waals surface area (Å²) in [4.78, 5) is 0. The molecule has 0 aliphatic heterocycles. The number of aliphatic hydroxyl groups is 1. The maximum atomic E-state index is 8.73. The summed E-state index contributed by atoms with van der Waals surface area (Å²) >= 11 is 0. The third-order valence-corrected chi connectivity index (χ3v) is 1.15. The Morgan fingerprint density at radius 2 is 1.92 bits per heavy atom. The van der Waals surface area contributed by atoms with Crippen molar-refractivity contribution in [1.82, 2.24) is 5.32 Å². The SMILES string of the molecule is C=C(O)/C=C\C(=C/C)NCC.CC. The fourth-order valence-corrected chi connectivity index (χ4v) is 0.647. The van der Waals surface area contributed by atoms with Crippen molar-refractivity contribution in [3.63, 3.8) is 0 Å². The van der Waals surface area contributed by atoms with Gasteiger partial charge in [-0.25, -0.2) is 0 Å². The van der Waals surface area contributed by atoms with Gasteiger partial charge in [0.15, 0.2) is 0 Å². The first kappa shape index (κ1) is 14.3. The highest BCUT2D eigenvalue weighted by Gasteiger charge is 1.85. The molecule has 0 spiro atoms. The van der Waals surface area contributed by atoms with Gasteiger partial charge in [0.05, 0.1) is 0 Å². The average molecular weight is 183 g/mol. The van der Waals surface area contributed by atoms with Crippen LogP contribution in [0.4, 0.5) is 0 Å². The fraction of sp³-hybridized carbons (Fsp3) is 0.455. The van der Waals surface area contributed by atoms with E-state index in [0.29, 0.717) is 0 Å². The molecule has 0 aliphatic carbocycles. The fourth-order valence-electron chi connectivity index (χ4n) is 0.647. The molecule has 76 valence electrons. The van der Waals surface area contributed by atoms with Gasteiger partial charge >= 0.3 is 0 Å². The van der Waals surface area contributed by atoms with Crippen molar-refractivity contribution in [1.29, 1.82) is 0 Å². The number of likely N-dealkylation sites (N-methyl/N-ethyl adjacent to an activating group) is 1. The lowest BCUT2D eigenvalue weighted by Gasteiger charge is -2.01. The quantitative estimate of drug-likeness (QED) is 0.518. The molecule has 2 nitrogen and oxygen atoms in total. The molecule has 0 radical (unpaired) electrons. The zero-order valence-electron chi connectivity index (χ0n) is 9.09. The molecule has 0 heterocycles. The van der Waals surface area contributed by atoms with Crippen LogP contribution in [0.25, 0.3) is 0 Å². The van der Waals surface area contributed by atoms with E-state index in [9.17, 15) is 0 Å². The summed E-state index contributed by atoms with van der Waals surface area (Å²) in [6.45, 7) is 12.2. The molecule has 2 N–H and O–H groups in total. The van der Waals surface area contributed by atoms with Crippen molar-refractivity contribution in [2.24, 2.45) is 0 Å². The van der Waals surface area contributed by atoms with Crippen molar-refractivity contribution in [3.05, 3.63) is 36.3 Å². The zero-order valence-corrected chi connectivity index (χ0v) is 9.09. The predicted octanol–water partition coefficient (Wildman–Crippen LogP) is 3.15. The summed E-state index contributed by atoms with van der Waals surface area (Å²) in [7, 11) is 0. The van der Waals surface area contributed by atoms with Crippen LogP contribution in [0.2, 0.25) is 0 Å². The van der Waals surface area contributed by atoms with Gasteiger partial charge < -0.3 is 10.4 Å². The largest absolute Gasteiger partial charge is 0.509 e. The molecular weight excluding hydrogens is 162 g/mol. The predicted molar refractivity (Wildman–Crippen MR) is 59.7 cm³/mol. The van der Waals surface area contributed by atoms with Gasteiger partial charge in [0, 0.05) is 12.2 Å². The van der Waals surface area contributed by atoms with Crippen LogP contribution < -0.4 is 5.32 Å². The molecule has 0 saturated heterocycles. The number of allylic oxidation sites excluding steroid dienone is 3. The summed E-state index contributed by atoms with van der Waals surface area (Å²) in [5.74, 6) is 0.0715. The summed E-state index contributed by atoms with van der Waals surface area (Å²) in [6, 6.07) is 0.